The molecule has 7 heteroatoms. The van der Waals surface area contributed by atoms with E-state index >= 15 is 0 Å². The lowest BCUT2D eigenvalue weighted by atomic mass is 10.1. The van der Waals surface area contributed by atoms with E-state index in [-0.39, 0.29) is 0 Å². The number of rotatable bonds is 3. The highest BCUT2D eigenvalue weighted by atomic mass is 79.9. The van der Waals surface area contributed by atoms with E-state index in [1.165, 1.54) is 0 Å². The molecule has 0 bridgehead atoms. The van der Waals surface area contributed by atoms with E-state index in [1.807, 2.05) is 18.2 Å². The third kappa shape index (κ3) is 2.29. The predicted octanol–water partition coefficient (Wildman–Crippen LogP) is 2.78. The third-order valence-electron chi connectivity index (χ3n) is 3.16. The van der Waals surface area contributed by atoms with Crippen LogP contribution in [-0.4, -0.2) is 29.0 Å². The van der Waals surface area contributed by atoms with Crippen LogP contribution in [0.4, 0.5) is 5.82 Å². The summed E-state index contributed by atoms with van der Waals surface area (Å²) in [5.74, 6) is 2.39. The van der Waals surface area contributed by atoms with E-state index in [1.54, 1.807) is 31.3 Å². The molecule has 108 valence electrons. The zero-order valence-electron chi connectivity index (χ0n) is 11.5. The third-order valence-corrected chi connectivity index (χ3v) is 3.77. The first-order valence-corrected chi connectivity index (χ1v) is 6.95. The van der Waals surface area contributed by atoms with Gasteiger partial charge in [0.25, 0.3) is 0 Å². The first-order chi connectivity index (χ1) is 10.1. The van der Waals surface area contributed by atoms with Crippen molar-refractivity contribution in [3.8, 4) is 17.3 Å². The van der Waals surface area contributed by atoms with Gasteiger partial charge in [0, 0.05) is 17.8 Å². The van der Waals surface area contributed by atoms with Crippen LogP contribution in [0.3, 0.4) is 0 Å². The van der Waals surface area contributed by atoms with Crippen molar-refractivity contribution in [3.63, 3.8) is 0 Å². The summed E-state index contributed by atoms with van der Waals surface area (Å²) in [5, 5.41) is 6.11. The molecule has 6 nitrogen and oxygen atoms in total. The van der Waals surface area contributed by atoms with Gasteiger partial charge in [-0.25, -0.2) is 9.67 Å². The van der Waals surface area contributed by atoms with Crippen molar-refractivity contribution >= 4 is 32.5 Å². The Morgan fingerprint density at radius 3 is 2.52 bits per heavy atom. The number of methoxy groups -OCH3 is 2. The molecule has 0 unspecified atom stereocenters. The van der Waals surface area contributed by atoms with Crippen LogP contribution in [0.1, 0.15) is 0 Å². The molecule has 0 fully saturated rings. The molecule has 21 heavy (non-hydrogen) atoms. The lowest BCUT2D eigenvalue weighted by Crippen LogP contribution is -2.01. The molecule has 0 aliphatic heterocycles. The van der Waals surface area contributed by atoms with Gasteiger partial charge in [-0.15, -0.1) is 5.10 Å². The number of nitrogens with two attached hydrogens (primary N) is 1. The minimum Gasteiger partial charge on any atom is -0.493 e. The second-order valence-electron chi connectivity index (χ2n) is 4.37. The molecule has 0 atom stereocenters. The highest BCUT2D eigenvalue weighted by Gasteiger charge is 2.12. The molecule has 2 N–H and O–H groups in total. The average Bonchev–Trinajstić information content (AvgIpc) is 2.84. The Kier molecular flexibility index (Phi) is 3.42. The van der Waals surface area contributed by atoms with Crippen LogP contribution in [0, 0.1) is 0 Å². The largest absolute Gasteiger partial charge is 0.493 e. The number of hydrogen-bond donors (Lipinski definition) is 1. The second-order valence-corrected chi connectivity index (χ2v) is 5.22. The molecule has 0 aliphatic carbocycles. The number of nitrogens with zero attached hydrogens (tertiary/aromatic N) is 3. The molecule has 1 aromatic carbocycles. The SMILES string of the molecule is COc1cc2ccnc(-n3cc(Br)c(N)n3)c2cc1OC. The molecule has 2 aromatic heterocycles. The highest BCUT2D eigenvalue weighted by molar-refractivity contribution is 9.10. The van der Waals surface area contributed by atoms with Crippen molar-refractivity contribution in [3.05, 3.63) is 35.1 Å². The summed E-state index contributed by atoms with van der Waals surface area (Å²) in [4.78, 5) is 4.39. The molecule has 0 spiro atoms. The van der Waals surface area contributed by atoms with Gasteiger partial charge >= 0.3 is 0 Å². The number of hydrogen-bond acceptors (Lipinski definition) is 5. The summed E-state index contributed by atoms with van der Waals surface area (Å²) in [5.41, 5.74) is 5.77. The van der Waals surface area contributed by atoms with Gasteiger partial charge in [-0.2, -0.15) is 0 Å². The van der Waals surface area contributed by atoms with Gasteiger partial charge in [0.2, 0.25) is 0 Å². The minimum atomic E-state index is 0.411. The smallest absolute Gasteiger partial charge is 0.161 e. The van der Waals surface area contributed by atoms with Crippen molar-refractivity contribution in [1.29, 1.82) is 0 Å². The molecule has 3 aromatic rings. The van der Waals surface area contributed by atoms with Crippen LogP contribution in [-0.2, 0) is 0 Å². The van der Waals surface area contributed by atoms with Crippen molar-refractivity contribution < 1.29 is 9.47 Å². The molecular formula is C14H13BrN4O2. The standard InChI is InChI=1S/C14H13BrN4O2/c1-20-11-5-8-3-4-17-14(9(8)6-12(11)21-2)19-7-10(15)13(16)18-19/h3-7H,1-2H3,(H2,16,18). The summed E-state index contributed by atoms with van der Waals surface area (Å²) in [6.45, 7) is 0. The Bertz CT molecular complexity index is 797. The first kappa shape index (κ1) is 13.7. The van der Waals surface area contributed by atoms with Crippen molar-refractivity contribution in [2.75, 3.05) is 20.0 Å². The van der Waals surface area contributed by atoms with Crippen LogP contribution >= 0.6 is 15.9 Å². The highest BCUT2D eigenvalue weighted by Crippen LogP contribution is 2.34. The number of aromatic nitrogens is 3. The maximum absolute atomic E-state index is 5.77. The zero-order valence-corrected chi connectivity index (χ0v) is 13.1. The molecule has 2 heterocycles. The maximum Gasteiger partial charge on any atom is 0.161 e. The molecular weight excluding hydrogens is 336 g/mol. The van der Waals surface area contributed by atoms with Crippen LogP contribution in [0.5, 0.6) is 11.5 Å². The Hall–Kier alpha value is -2.28. The Labute approximate surface area is 129 Å². The molecule has 0 saturated carbocycles. The van der Waals surface area contributed by atoms with Crippen LogP contribution in [0.25, 0.3) is 16.6 Å². The van der Waals surface area contributed by atoms with E-state index in [0.29, 0.717) is 23.1 Å². The normalized spacial score (nSPS) is 10.8. The Morgan fingerprint density at radius 1 is 1.19 bits per heavy atom. The molecule has 0 aliphatic rings. The minimum absolute atomic E-state index is 0.411. The van der Waals surface area contributed by atoms with Gasteiger partial charge in [-0.1, -0.05) is 0 Å². The number of pyridine rings is 1. The zero-order chi connectivity index (χ0) is 15.0. The molecule has 0 radical (unpaired) electrons. The summed E-state index contributed by atoms with van der Waals surface area (Å²) < 4.78 is 13.0. The fraction of sp³-hybridized carbons (Fsp3) is 0.143. The van der Waals surface area contributed by atoms with Crippen LogP contribution in [0.2, 0.25) is 0 Å². The van der Waals surface area contributed by atoms with Crippen molar-refractivity contribution in [2.24, 2.45) is 0 Å². The fourth-order valence-corrected chi connectivity index (χ4v) is 2.41. The van der Waals surface area contributed by atoms with Gasteiger partial charge in [-0.3, -0.25) is 0 Å². The summed E-state index contributed by atoms with van der Waals surface area (Å²) in [7, 11) is 3.21. The second kappa shape index (κ2) is 5.25. The van der Waals surface area contributed by atoms with Gasteiger partial charge in [0.1, 0.15) is 0 Å². The monoisotopic (exact) mass is 348 g/mol. The lowest BCUT2D eigenvalue weighted by Gasteiger charge is -2.11. The summed E-state index contributed by atoms with van der Waals surface area (Å²) in [6.07, 6.45) is 3.49. The van der Waals surface area contributed by atoms with Gasteiger partial charge in [0.05, 0.1) is 18.7 Å². The molecule has 3 rings (SSSR count). The Morgan fingerprint density at radius 2 is 1.90 bits per heavy atom. The number of nitrogen functional groups attached to an aromatic ring is 1. The van der Waals surface area contributed by atoms with Gasteiger partial charge < -0.3 is 15.2 Å². The van der Waals surface area contributed by atoms with E-state index in [4.69, 9.17) is 15.2 Å². The quantitative estimate of drug-likeness (QED) is 0.787. The van der Waals surface area contributed by atoms with Crippen LogP contribution in [0.15, 0.2) is 35.1 Å². The first-order valence-electron chi connectivity index (χ1n) is 6.16. The van der Waals surface area contributed by atoms with Crippen molar-refractivity contribution in [1.82, 2.24) is 14.8 Å². The van der Waals surface area contributed by atoms with E-state index in [0.717, 1.165) is 15.2 Å². The van der Waals surface area contributed by atoms with Gasteiger partial charge in [-0.05, 0) is 39.5 Å². The number of ether oxygens (including phenoxy) is 2. The fourth-order valence-electron chi connectivity index (χ4n) is 2.14. The van der Waals surface area contributed by atoms with Gasteiger partial charge in [0.15, 0.2) is 23.1 Å². The van der Waals surface area contributed by atoms with Crippen molar-refractivity contribution in [2.45, 2.75) is 0 Å². The average molecular weight is 349 g/mol. The maximum atomic E-state index is 5.77. The topological polar surface area (TPSA) is 75.2 Å². The number of anilines is 1. The lowest BCUT2D eigenvalue weighted by molar-refractivity contribution is 0.356. The summed E-state index contributed by atoms with van der Waals surface area (Å²) in [6, 6.07) is 5.69. The number of halogens is 1. The molecule has 0 saturated heterocycles. The van der Waals surface area contributed by atoms with E-state index in [2.05, 4.69) is 26.0 Å². The molecule has 0 amide bonds. The Balaban J connectivity index is 2.28. The number of benzene rings is 1. The summed E-state index contributed by atoms with van der Waals surface area (Å²) >= 11 is 3.35. The van der Waals surface area contributed by atoms with E-state index < -0.39 is 0 Å². The van der Waals surface area contributed by atoms with E-state index in [9.17, 15) is 0 Å². The van der Waals surface area contributed by atoms with Crippen LogP contribution < -0.4 is 15.2 Å². The predicted molar refractivity (Wildman–Crippen MR) is 84.1 cm³/mol. The number of fused-ring (bicyclic) bond motifs is 1.